The van der Waals surface area contributed by atoms with Crippen molar-refractivity contribution in [1.29, 1.82) is 0 Å². The first-order valence-corrected chi connectivity index (χ1v) is 10.9. The summed E-state index contributed by atoms with van der Waals surface area (Å²) in [6.45, 7) is -0.619. The first-order valence-electron chi connectivity index (χ1n) is 10.1. The summed E-state index contributed by atoms with van der Waals surface area (Å²) in [4.78, 5) is 48.8. The van der Waals surface area contributed by atoms with Crippen molar-refractivity contribution >= 4 is 46.9 Å². The van der Waals surface area contributed by atoms with E-state index in [-0.39, 0.29) is 39.3 Å². The Balaban J connectivity index is 1.87. The summed E-state index contributed by atoms with van der Waals surface area (Å²) in [6, 6.07) is 3.81. The molecule has 2 amide bonds. The van der Waals surface area contributed by atoms with E-state index in [4.69, 9.17) is 28.3 Å². The van der Waals surface area contributed by atoms with Gasteiger partial charge < -0.3 is 15.7 Å². The van der Waals surface area contributed by atoms with Crippen molar-refractivity contribution in [3.8, 4) is 0 Å². The fraction of sp³-hybridized carbons (Fsp3) is 0.381. The smallest absolute Gasteiger partial charge is 0.342 e. The topological polar surface area (TPSA) is 130 Å². The maximum atomic E-state index is 12.9. The van der Waals surface area contributed by atoms with Crippen LogP contribution < -0.4 is 10.6 Å². The van der Waals surface area contributed by atoms with E-state index in [1.807, 2.05) is 0 Å². The number of hydrogen-bond acceptors (Lipinski definition) is 5. The molecule has 3 rings (SSSR count). The van der Waals surface area contributed by atoms with Crippen LogP contribution in [-0.2, 0) is 11.2 Å². The molecular formula is C21H22Cl2N4O5. The number of carbonyl (C=O) groups is 4. The number of amides is 2. The second-order valence-electron chi connectivity index (χ2n) is 7.50. The molecule has 1 aromatic heterocycles. The van der Waals surface area contributed by atoms with Crippen LogP contribution >= 0.6 is 23.2 Å². The molecule has 9 nitrogen and oxygen atoms in total. The lowest BCUT2D eigenvalue weighted by atomic mass is 9.95. The van der Waals surface area contributed by atoms with Crippen molar-refractivity contribution in [1.82, 2.24) is 20.4 Å². The molecule has 0 atom stereocenters. The number of carbonyl (C=O) groups excluding carboxylic acids is 3. The summed E-state index contributed by atoms with van der Waals surface area (Å²) >= 11 is 12.2. The predicted molar refractivity (Wildman–Crippen MR) is 117 cm³/mol. The molecule has 32 heavy (non-hydrogen) atoms. The number of halogens is 2. The van der Waals surface area contributed by atoms with Gasteiger partial charge in [-0.1, -0.05) is 48.5 Å². The number of carboxylic acid groups (broad SMARTS) is 1. The van der Waals surface area contributed by atoms with Gasteiger partial charge in [0.2, 0.25) is 0 Å². The van der Waals surface area contributed by atoms with E-state index < -0.39 is 30.2 Å². The van der Waals surface area contributed by atoms with E-state index in [1.165, 1.54) is 18.3 Å². The van der Waals surface area contributed by atoms with Gasteiger partial charge in [0.25, 0.3) is 5.91 Å². The summed E-state index contributed by atoms with van der Waals surface area (Å²) in [5.41, 5.74) is 0.222. The van der Waals surface area contributed by atoms with Crippen molar-refractivity contribution in [3.63, 3.8) is 0 Å². The zero-order valence-electron chi connectivity index (χ0n) is 17.1. The largest absolute Gasteiger partial charge is 0.480 e. The van der Waals surface area contributed by atoms with Gasteiger partial charge in [0, 0.05) is 24.2 Å². The van der Waals surface area contributed by atoms with Crippen molar-refractivity contribution < 1.29 is 24.3 Å². The Kier molecular flexibility index (Phi) is 7.87. The number of aliphatic carboxylic acids is 1. The maximum absolute atomic E-state index is 12.9. The molecule has 1 saturated carbocycles. The highest BCUT2D eigenvalue weighted by Gasteiger charge is 2.25. The maximum Gasteiger partial charge on any atom is 0.342 e. The van der Waals surface area contributed by atoms with E-state index >= 15 is 0 Å². The zero-order chi connectivity index (χ0) is 23.3. The quantitative estimate of drug-likeness (QED) is 0.521. The number of aromatic nitrogens is 2. The van der Waals surface area contributed by atoms with Crippen LogP contribution in [0.4, 0.5) is 4.79 Å². The number of ketones is 1. The third-order valence-corrected chi connectivity index (χ3v) is 5.77. The Morgan fingerprint density at radius 3 is 2.38 bits per heavy atom. The summed E-state index contributed by atoms with van der Waals surface area (Å²) in [6.07, 6.45) is 5.77. The van der Waals surface area contributed by atoms with Crippen LogP contribution in [0.15, 0.2) is 24.4 Å². The highest BCUT2D eigenvalue weighted by atomic mass is 35.5. The van der Waals surface area contributed by atoms with E-state index in [0.29, 0.717) is 0 Å². The minimum Gasteiger partial charge on any atom is -0.480 e. The Hall–Kier alpha value is -2.91. The first-order chi connectivity index (χ1) is 15.3. The van der Waals surface area contributed by atoms with Gasteiger partial charge in [0.1, 0.15) is 6.54 Å². The lowest BCUT2D eigenvalue weighted by Gasteiger charge is -2.22. The first kappa shape index (κ1) is 23.7. The monoisotopic (exact) mass is 480 g/mol. The molecule has 1 aliphatic rings. The second-order valence-corrected chi connectivity index (χ2v) is 8.32. The summed E-state index contributed by atoms with van der Waals surface area (Å²) in [5.74, 6) is -2.18. The van der Waals surface area contributed by atoms with Gasteiger partial charge in [-0.3, -0.25) is 14.4 Å². The molecule has 0 radical (unpaired) electrons. The molecule has 1 aliphatic carbocycles. The van der Waals surface area contributed by atoms with E-state index in [1.54, 1.807) is 6.07 Å². The van der Waals surface area contributed by atoms with Crippen LogP contribution in [0.1, 0.15) is 58.5 Å². The molecule has 2 aromatic rings. The average molecular weight is 481 g/mol. The predicted octanol–water partition coefficient (Wildman–Crippen LogP) is 3.32. The van der Waals surface area contributed by atoms with Gasteiger partial charge >= 0.3 is 12.0 Å². The molecule has 0 spiro atoms. The van der Waals surface area contributed by atoms with Gasteiger partial charge in [-0.05, 0) is 25.0 Å². The van der Waals surface area contributed by atoms with E-state index in [2.05, 4.69) is 15.7 Å². The molecule has 1 aromatic carbocycles. The Labute approximate surface area is 194 Å². The van der Waals surface area contributed by atoms with Crippen molar-refractivity contribution in [2.24, 2.45) is 0 Å². The zero-order valence-corrected chi connectivity index (χ0v) is 18.6. The van der Waals surface area contributed by atoms with Crippen LogP contribution in [0.25, 0.3) is 0 Å². The van der Waals surface area contributed by atoms with Crippen LogP contribution in [0.3, 0.4) is 0 Å². The van der Waals surface area contributed by atoms with Gasteiger partial charge in [-0.25, -0.2) is 4.79 Å². The lowest BCUT2D eigenvalue weighted by molar-refractivity contribution is -0.135. The third kappa shape index (κ3) is 5.86. The molecule has 170 valence electrons. The molecule has 0 aliphatic heterocycles. The molecule has 1 fully saturated rings. The number of rotatable bonds is 7. The summed E-state index contributed by atoms with van der Waals surface area (Å²) in [5, 5.41) is 18.2. The average Bonchev–Trinajstić information content (AvgIpc) is 3.16. The van der Waals surface area contributed by atoms with Gasteiger partial charge in [0.15, 0.2) is 11.5 Å². The molecular weight excluding hydrogens is 459 g/mol. The Morgan fingerprint density at radius 2 is 1.75 bits per heavy atom. The summed E-state index contributed by atoms with van der Waals surface area (Å²) < 4.78 is 0.815. The van der Waals surface area contributed by atoms with Crippen molar-refractivity contribution in [2.45, 2.75) is 44.6 Å². The molecule has 0 unspecified atom stereocenters. The third-order valence-electron chi connectivity index (χ3n) is 5.14. The number of carboxylic acids is 1. The molecule has 1 heterocycles. The van der Waals surface area contributed by atoms with Crippen LogP contribution in [-0.4, -0.2) is 51.2 Å². The fourth-order valence-electron chi connectivity index (χ4n) is 3.59. The fourth-order valence-corrected chi connectivity index (χ4v) is 4.20. The number of nitrogens with zero attached hydrogens (tertiary/aromatic N) is 2. The lowest BCUT2D eigenvalue weighted by Crippen LogP contribution is -2.37. The van der Waals surface area contributed by atoms with E-state index in [0.717, 1.165) is 36.8 Å². The van der Waals surface area contributed by atoms with Crippen molar-refractivity contribution in [2.75, 3.05) is 6.54 Å². The van der Waals surface area contributed by atoms with Gasteiger partial charge in [-0.15, -0.1) is 0 Å². The Bertz CT molecular complexity index is 1030. The summed E-state index contributed by atoms with van der Waals surface area (Å²) in [7, 11) is 0. The highest BCUT2D eigenvalue weighted by molar-refractivity contribution is 6.39. The van der Waals surface area contributed by atoms with Gasteiger partial charge in [0.05, 0.1) is 15.6 Å². The number of benzene rings is 1. The van der Waals surface area contributed by atoms with Crippen LogP contribution in [0.2, 0.25) is 10.0 Å². The van der Waals surface area contributed by atoms with Crippen molar-refractivity contribution in [3.05, 3.63) is 51.3 Å². The number of nitrogens with one attached hydrogen (secondary N) is 2. The molecule has 0 saturated heterocycles. The molecule has 11 heteroatoms. The number of hydrogen-bond donors (Lipinski definition) is 3. The van der Waals surface area contributed by atoms with Crippen LogP contribution in [0.5, 0.6) is 0 Å². The molecule has 3 N–H and O–H groups in total. The van der Waals surface area contributed by atoms with E-state index in [9.17, 15) is 19.2 Å². The number of Topliss-reactive ketones (excluding diaryl/α,β-unsaturated/α-hetero) is 1. The van der Waals surface area contributed by atoms with Gasteiger partial charge in [-0.2, -0.15) is 9.78 Å². The Morgan fingerprint density at radius 1 is 1.09 bits per heavy atom. The highest BCUT2D eigenvalue weighted by Crippen LogP contribution is 2.26. The SMILES string of the molecule is O=C(O)CNC(=O)n1cc(CC(=O)c2c(Cl)cccc2Cl)c(C(=O)NC2CCCCC2)n1. The normalized spacial score (nSPS) is 14.1. The molecule has 0 bridgehead atoms. The minimum atomic E-state index is -1.23. The standard InChI is InChI=1S/C21H22Cl2N4O5/c22-14-7-4-8-15(23)18(14)16(28)9-12-11-27(21(32)24-10-17(29)30)26-19(12)20(31)25-13-5-2-1-3-6-13/h4,7-8,11,13H,1-3,5-6,9-10H2,(H,24,32)(H,25,31)(H,29,30). The minimum absolute atomic E-state index is 0.0104. The van der Waals surface area contributed by atoms with Crippen LogP contribution in [0, 0.1) is 0 Å². The second kappa shape index (κ2) is 10.6.